The van der Waals surface area contributed by atoms with E-state index < -0.39 is 0 Å². The molecule has 0 aliphatic carbocycles. The molecule has 0 fully saturated rings. The molecular weight excluding hydrogens is 194 g/mol. The van der Waals surface area contributed by atoms with Crippen molar-refractivity contribution in [3.05, 3.63) is 53.3 Å². The lowest BCUT2D eigenvalue weighted by atomic mass is 10.3. The second kappa shape index (κ2) is 4.07. The molecule has 0 unspecified atom stereocenters. The van der Waals surface area contributed by atoms with Crippen molar-refractivity contribution in [3.63, 3.8) is 0 Å². The Balaban J connectivity index is 2.24. The van der Waals surface area contributed by atoms with Gasteiger partial charge >= 0.3 is 0 Å². The Morgan fingerprint density at radius 2 is 1.79 bits per heavy atom. The van der Waals surface area contributed by atoms with Gasteiger partial charge in [-0.1, -0.05) is 30.4 Å². The van der Waals surface area contributed by atoms with Crippen molar-refractivity contribution in [3.8, 4) is 11.5 Å². The molecule has 0 aliphatic heterocycles. The minimum absolute atomic E-state index is 0.665. The highest BCUT2D eigenvalue weighted by Gasteiger charge is 1.94. The van der Waals surface area contributed by atoms with Crippen molar-refractivity contribution >= 4 is 12.2 Å². The Bertz CT molecular complexity index is 464. The molecule has 0 spiro atoms. The highest BCUT2D eigenvalue weighted by Crippen LogP contribution is 2.19. The Morgan fingerprint density at radius 1 is 1.00 bits per heavy atom. The second-order valence-corrected chi connectivity index (χ2v) is 3.24. The van der Waals surface area contributed by atoms with Gasteiger partial charge in [0.15, 0.2) is 0 Å². The Morgan fingerprint density at radius 3 is 2.50 bits per heavy atom. The normalized spacial score (nSPS) is 9.71. The molecule has 70 valence electrons. The summed E-state index contributed by atoms with van der Waals surface area (Å²) in [6.07, 6.45) is 1.76. The molecule has 0 saturated heterocycles. The van der Waals surface area contributed by atoms with Gasteiger partial charge in [-0.25, -0.2) is 0 Å². The van der Waals surface area contributed by atoms with E-state index >= 15 is 0 Å². The van der Waals surface area contributed by atoms with Crippen LogP contribution in [0.2, 0.25) is 0 Å². The molecule has 1 heterocycles. The molecule has 1 aromatic heterocycles. The number of ether oxygens (including phenoxy) is 1. The molecule has 0 atom stereocenters. The van der Waals surface area contributed by atoms with Crippen LogP contribution in [0, 0.1) is 4.64 Å². The van der Waals surface area contributed by atoms with Gasteiger partial charge in [0.1, 0.15) is 16.1 Å². The van der Waals surface area contributed by atoms with E-state index in [1.165, 1.54) is 0 Å². The molecule has 14 heavy (non-hydrogen) atoms. The first-order valence-corrected chi connectivity index (χ1v) is 4.67. The molecule has 0 bridgehead atoms. The van der Waals surface area contributed by atoms with E-state index in [4.69, 9.17) is 17.0 Å². The summed E-state index contributed by atoms with van der Waals surface area (Å²) in [5.41, 5.74) is 0. The van der Waals surface area contributed by atoms with Gasteiger partial charge in [0.05, 0.1) is 0 Å². The minimum atomic E-state index is 0.665. The highest BCUT2D eigenvalue weighted by atomic mass is 32.1. The lowest BCUT2D eigenvalue weighted by Crippen LogP contribution is -1.83. The van der Waals surface area contributed by atoms with Crippen molar-refractivity contribution in [2.45, 2.75) is 0 Å². The molecule has 0 saturated carbocycles. The monoisotopic (exact) mass is 203 g/mol. The third-order valence-corrected chi connectivity index (χ3v) is 1.96. The number of H-pyrrole nitrogens is 1. The quantitative estimate of drug-likeness (QED) is 0.755. The summed E-state index contributed by atoms with van der Waals surface area (Å²) >= 11 is 4.98. The van der Waals surface area contributed by atoms with Crippen LogP contribution in [-0.4, -0.2) is 4.98 Å². The Hall–Kier alpha value is -1.61. The summed E-state index contributed by atoms with van der Waals surface area (Å²) in [5, 5.41) is 0. The van der Waals surface area contributed by atoms with Crippen molar-refractivity contribution in [1.82, 2.24) is 4.98 Å². The zero-order chi connectivity index (χ0) is 9.80. The number of aromatic nitrogens is 1. The zero-order valence-electron chi connectivity index (χ0n) is 7.44. The molecule has 3 heteroatoms. The van der Waals surface area contributed by atoms with E-state index in [1.54, 1.807) is 12.3 Å². The van der Waals surface area contributed by atoms with E-state index in [9.17, 15) is 0 Å². The van der Waals surface area contributed by atoms with Crippen molar-refractivity contribution in [2.24, 2.45) is 0 Å². The number of para-hydroxylation sites is 1. The van der Waals surface area contributed by atoms with Gasteiger partial charge in [-0.05, 0) is 18.2 Å². The highest BCUT2D eigenvalue weighted by molar-refractivity contribution is 7.71. The number of hydrogen-bond acceptors (Lipinski definition) is 2. The van der Waals surface area contributed by atoms with Gasteiger partial charge in [0, 0.05) is 12.3 Å². The molecule has 2 aromatic rings. The summed E-state index contributed by atoms with van der Waals surface area (Å²) in [7, 11) is 0. The van der Waals surface area contributed by atoms with E-state index in [-0.39, 0.29) is 0 Å². The van der Waals surface area contributed by atoms with Crippen LogP contribution < -0.4 is 4.74 Å². The van der Waals surface area contributed by atoms with Crippen LogP contribution in [0.15, 0.2) is 48.7 Å². The lowest BCUT2D eigenvalue weighted by molar-refractivity contribution is 0.481. The molecule has 2 nitrogen and oxygen atoms in total. The maximum absolute atomic E-state index is 5.57. The largest absolute Gasteiger partial charge is 0.457 e. The maximum Gasteiger partial charge on any atom is 0.131 e. The molecule has 1 aromatic carbocycles. The van der Waals surface area contributed by atoms with Crippen LogP contribution in [-0.2, 0) is 0 Å². The summed E-state index contributed by atoms with van der Waals surface area (Å²) in [6.45, 7) is 0. The van der Waals surface area contributed by atoms with Crippen LogP contribution >= 0.6 is 12.2 Å². The van der Waals surface area contributed by atoms with Crippen LogP contribution in [0.1, 0.15) is 0 Å². The molecule has 1 N–H and O–H groups in total. The van der Waals surface area contributed by atoms with E-state index in [0.29, 0.717) is 4.64 Å². The van der Waals surface area contributed by atoms with E-state index in [2.05, 4.69) is 4.98 Å². The SMILES string of the molecule is S=c1cc(Oc2ccccc2)cc[nH]1. The standard InChI is InChI=1S/C11H9NOS/c14-11-8-10(6-7-12-11)13-9-4-2-1-3-5-9/h1-8H,(H,12,14). The summed E-state index contributed by atoms with van der Waals surface area (Å²) in [6, 6.07) is 13.2. The average Bonchev–Trinajstić information content (AvgIpc) is 2.19. The third kappa shape index (κ3) is 2.20. The Kier molecular flexibility index (Phi) is 2.60. The average molecular weight is 203 g/mol. The topological polar surface area (TPSA) is 25.0 Å². The van der Waals surface area contributed by atoms with Crippen molar-refractivity contribution < 1.29 is 4.74 Å². The predicted octanol–water partition coefficient (Wildman–Crippen LogP) is 3.54. The van der Waals surface area contributed by atoms with Gasteiger partial charge in [-0.2, -0.15) is 0 Å². The van der Waals surface area contributed by atoms with Gasteiger partial charge in [-0.15, -0.1) is 0 Å². The zero-order valence-corrected chi connectivity index (χ0v) is 8.25. The number of benzene rings is 1. The second-order valence-electron chi connectivity index (χ2n) is 2.80. The van der Waals surface area contributed by atoms with E-state index in [1.807, 2.05) is 36.4 Å². The van der Waals surface area contributed by atoms with Crippen LogP contribution in [0.3, 0.4) is 0 Å². The third-order valence-electron chi connectivity index (χ3n) is 1.73. The van der Waals surface area contributed by atoms with Gasteiger partial charge in [0.2, 0.25) is 0 Å². The predicted molar refractivity (Wildman–Crippen MR) is 58.1 cm³/mol. The number of pyridine rings is 1. The lowest BCUT2D eigenvalue weighted by Gasteiger charge is -2.03. The fraction of sp³-hybridized carbons (Fsp3) is 0. The smallest absolute Gasteiger partial charge is 0.131 e. The number of nitrogens with one attached hydrogen (secondary N) is 1. The van der Waals surface area contributed by atoms with Crippen LogP contribution in [0.5, 0.6) is 11.5 Å². The number of aromatic amines is 1. The molecule has 2 rings (SSSR count). The fourth-order valence-electron chi connectivity index (χ4n) is 1.11. The molecule has 0 amide bonds. The van der Waals surface area contributed by atoms with Crippen LogP contribution in [0.25, 0.3) is 0 Å². The number of rotatable bonds is 2. The fourth-order valence-corrected chi connectivity index (χ4v) is 1.30. The number of hydrogen-bond donors (Lipinski definition) is 1. The molecular formula is C11H9NOS. The first-order valence-electron chi connectivity index (χ1n) is 4.26. The minimum Gasteiger partial charge on any atom is -0.457 e. The first kappa shape index (κ1) is 8.97. The van der Waals surface area contributed by atoms with Gasteiger partial charge in [0.25, 0.3) is 0 Å². The van der Waals surface area contributed by atoms with Crippen molar-refractivity contribution in [2.75, 3.05) is 0 Å². The summed E-state index contributed by atoms with van der Waals surface area (Å²) in [4.78, 5) is 2.89. The molecule has 0 radical (unpaired) electrons. The van der Waals surface area contributed by atoms with E-state index in [0.717, 1.165) is 11.5 Å². The first-order chi connectivity index (χ1) is 6.84. The maximum atomic E-state index is 5.57. The van der Waals surface area contributed by atoms with Gasteiger partial charge < -0.3 is 9.72 Å². The summed E-state index contributed by atoms with van der Waals surface area (Å²) in [5.74, 6) is 1.56. The van der Waals surface area contributed by atoms with Gasteiger partial charge in [-0.3, -0.25) is 0 Å². The summed E-state index contributed by atoms with van der Waals surface area (Å²) < 4.78 is 6.24. The van der Waals surface area contributed by atoms with Crippen LogP contribution in [0.4, 0.5) is 0 Å². The molecule has 0 aliphatic rings. The Labute approximate surface area is 87.2 Å². The van der Waals surface area contributed by atoms with Crippen molar-refractivity contribution in [1.29, 1.82) is 0 Å².